The second-order valence-corrected chi connectivity index (χ2v) is 4.53. The number of benzene rings is 2. The molecule has 0 heterocycles. The molecule has 4 heteroatoms. The van der Waals surface area contributed by atoms with Crippen LogP contribution >= 0.6 is 0 Å². The van der Waals surface area contributed by atoms with Gasteiger partial charge in [-0.05, 0) is 42.8 Å². The van der Waals surface area contributed by atoms with Gasteiger partial charge in [-0.25, -0.2) is 8.78 Å². The standard InChI is InChI=1S/C16H17F2NO/c1-19-15(10-11-5-3-4-6-13(11)17)12-7-8-16(20-2)14(18)9-12/h3-9,15,19H,10H2,1-2H3. The third-order valence-electron chi connectivity index (χ3n) is 3.31. The van der Waals surface area contributed by atoms with Gasteiger partial charge >= 0.3 is 0 Å². The monoisotopic (exact) mass is 277 g/mol. The van der Waals surface area contributed by atoms with E-state index in [2.05, 4.69) is 5.32 Å². The van der Waals surface area contributed by atoms with Crippen molar-refractivity contribution < 1.29 is 13.5 Å². The molecule has 2 aromatic rings. The highest BCUT2D eigenvalue weighted by atomic mass is 19.1. The molecule has 0 radical (unpaired) electrons. The zero-order chi connectivity index (χ0) is 14.5. The number of methoxy groups -OCH3 is 1. The fourth-order valence-electron chi connectivity index (χ4n) is 2.17. The number of likely N-dealkylation sites (N-methyl/N-ethyl adjacent to an activating group) is 1. The Labute approximate surface area is 117 Å². The Bertz CT molecular complexity index is 586. The average molecular weight is 277 g/mol. The summed E-state index contributed by atoms with van der Waals surface area (Å²) in [7, 11) is 3.20. The van der Waals surface area contributed by atoms with Crippen LogP contribution in [0.2, 0.25) is 0 Å². The molecule has 0 amide bonds. The molecule has 2 nitrogen and oxygen atoms in total. The van der Waals surface area contributed by atoms with Gasteiger partial charge in [0.1, 0.15) is 5.82 Å². The first-order valence-electron chi connectivity index (χ1n) is 6.39. The highest BCUT2D eigenvalue weighted by Crippen LogP contribution is 2.24. The molecule has 1 unspecified atom stereocenters. The van der Waals surface area contributed by atoms with Crippen LogP contribution in [-0.4, -0.2) is 14.2 Å². The maximum absolute atomic E-state index is 13.7. The van der Waals surface area contributed by atoms with Gasteiger partial charge in [-0.2, -0.15) is 0 Å². The van der Waals surface area contributed by atoms with E-state index in [-0.39, 0.29) is 17.6 Å². The molecule has 0 aliphatic rings. The van der Waals surface area contributed by atoms with E-state index in [4.69, 9.17) is 4.74 Å². The van der Waals surface area contributed by atoms with E-state index in [0.717, 1.165) is 5.56 Å². The van der Waals surface area contributed by atoms with Crippen molar-refractivity contribution in [3.05, 3.63) is 65.2 Å². The van der Waals surface area contributed by atoms with Gasteiger partial charge in [0.15, 0.2) is 11.6 Å². The molecular weight excluding hydrogens is 260 g/mol. The summed E-state index contributed by atoms with van der Waals surface area (Å²) in [5.41, 5.74) is 1.36. The zero-order valence-corrected chi connectivity index (χ0v) is 11.5. The van der Waals surface area contributed by atoms with E-state index in [0.29, 0.717) is 12.0 Å². The summed E-state index contributed by atoms with van der Waals surface area (Å²) in [6.45, 7) is 0. The van der Waals surface area contributed by atoms with Crippen molar-refractivity contribution in [3.8, 4) is 5.75 Å². The van der Waals surface area contributed by atoms with Crippen molar-refractivity contribution >= 4 is 0 Å². The van der Waals surface area contributed by atoms with Crippen LogP contribution in [0.1, 0.15) is 17.2 Å². The summed E-state index contributed by atoms with van der Waals surface area (Å²) < 4.78 is 32.3. The van der Waals surface area contributed by atoms with Crippen molar-refractivity contribution in [1.29, 1.82) is 0 Å². The minimum absolute atomic E-state index is 0.160. The lowest BCUT2D eigenvalue weighted by Gasteiger charge is -2.18. The molecule has 20 heavy (non-hydrogen) atoms. The summed E-state index contributed by atoms with van der Waals surface area (Å²) in [5.74, 6) is -0.463. The predicted molar refractivity (Wildman–Crippen MR) is 74.9 cm³/mol. The Morgan fingerprint density at radius 1 is 1.10 bits per heavy atom. The average Bonchev–Trinajstić information content (AvgIpc) is 2.46. The fourth-order valence-corrected chi connectivity index (χ4v) is 2.17. The second-order valence-electron chi connectivity index (χ2n) is 4.53. The number of rotatable bonds is 5. The van der Waals surface area contributed by atoms with Gasteiger partial charge in [0, 0.05) is 6.04 Å². The summed E-state index contributed by atoms with van der Waals surface area (Å²) >= 11 is 0. The van der Waals surface area contributed by atoms with Crippen molar-refractivity contribution in [2.24, 2.45) is 0 Å². The predicted octanol–water partition coefficient (Wildman–Crippen LogP) is 3.48. The summed E-state index contributed by atoms with van der Waals surface area (Å²) in [6, 6.07) is 11.2. The first-order valence-corrected chi connectivity index (χ1v) is 6.39. The molecule has 0 fully saturated rings. The summed E-state index contributed by atoms with van der Waals surface area (Å²) in [6.07, 6.45) is 0.453. The number of hydrogen-bond donors (Lipinski definition) is 1. The molecule has 2 rings (SSSR count). The van der Waals surface area contributed by atoms with E-state index >= 15 is 0 Å². The third-order valence-corrected chi connectivity index (χ3v) is 3.31. The van der Waals surface area contributed by atoms with Crippen LogP contribution in [0.15, 0.2) is 42.5 Å². The number of nitrogens with one attached hydrogen (secondary N) is 1. The highest BCUT2D eigenvalue weighted by Gasteiger charge is 2.14. The quantitative estimate of drug-likeness (QED) is 0.903. The lowest BCUT2D eigenvalue weighted by atomic mass is 9.98. The van der Waals surface area contributed by atoms with Gasteiger partial charge in [0.25, 0.3) is 0 Å². The van der Waals surface area contributed by atoms with Crippen LogP contribution in [0.4, 0.5) is 8.78 Å². The first-order chi connectivity index (χ1) is 9.65. The maximum atomic E-state index is 13.7. The van der Waals surface area contributed by atoms with E-state index in [1.807, 2.05) is 0 Å². The van der Waals surface area contributed by atoms with Crippen LogP contribution in [-0.2, 0) is 6.42 Å². The molecule has 0 bridgehead atoms. The van der Waals surface area contributed by atoms with Crippen molar-refractivity contribution in [1.82, 2.24) is 5.32 Å². The second kappa shape index (κ2) is 6.48. The minimum Gasteiger partial charge on any atom is -0.494 e. The Hall–Kier alpha value is -1.94. The van der Waals surface area contributed by atoms with Gasteiger partial charge in [-0.15, -0.1) is 0 Å². The van der Waals surface area contributed by atoms with Crippen LogP contribution in [0, 0.1) is 11.6 Å². The third kappa shape index (κ3) is 3.14. The smallest absolute Gasteiger partial charge is 0.165 e. The van der Waals surface area contributed by atoms with Crippen LogP contribution in [0.3, 0.4) is 0 Å². The van der Waals surface area contributed by atoms with Gasteiger partial charge < -0.3 is 10.1 Å². The van der Waals surface area contributed by atoms with Crippen molar-refractivity contribution in [2.75, 3.05) is 14.2 Å². The number of hydrogen-bond acceptors (Lipinski definition) is 2. The van der Waals surface area contributed by atoms with Crippen molar-refractivity contribution in [3.63, 3.8) is 0 Å². The lowest BCUT2D eigenvalue weighted by molar-refractivity contribution is 0.385. The molecular formula is C16H17F2NO. The summed E-state index contributed by atoms with van der Waals surface area (Å²) in [4.78, 5) is 0. The topological polar surface area (TPSA) is 21.3 Å². The number of ether oxygens (including phenoxy) is 1. The largest absolute Gasteiger partial charge is 0.494 e. The molecule has 1 atom stereocenters. The van der Waals surface area contributed by atoms with E-state index in [1.165, 1.54) is 19.2 Å². The molecule has 2 aromatic carbocycles. The SMILES string of the molecule is CNC(Cc1ccccc1F)c1ccc(OC)c(F)c1. The minimum atomic E-state index is -0.418. The molecule has 0 aliphatic heterocycles. The normalized spacial score (nSPS) is 12.2. The lowest BCUT2D eigenvalue weighted by Crippen LogP contribution is -2.19. The molecule has 0 spiro atoms. The van der Waals surface area contributed by atoms with E-state index in [9.17, 15) is 8.78 Å². The van der Waals surface area contributed by atoms with Gasteiger partial charge in [-0.1, -0.05) is 24.3 Å². The van der Waals surface area contributed by atoms with E-state index in [1.54, 1.807) is 37.4 Å². The van der Waals surface area contributed by atoms with Gasteiger partial charge in [-0.3, -0.25) is 0 Å². The summed E-state index contributed by atoms with van der Waals surface area (Å²) in [5, 5.41) is 3.08. The van der Waals surface area contributed by atoms with Crippen molar-refractivity contribution in [2.45, 2.75) is 12.5 Å². The van der Waals surface area contributed by atoms with Gasteiger partial charge in [0.2, 0.25) is 0 Å². The van der Waals surface area contributed by atoms with Gasteiger partial charge in [0.05, 0.1) is 7.11 Å². The maximum Gasteiger partial charge on any atom is 0.165 e. The molecule has 1 N–H and O–H groups in total. The first kappa shape index (κ1) is 14.5. The zero-order valence-electron chi connectivity index (χ0n) is 11.5. The molecule has 106 valence electrons. The number of halogens is 2. The molecule has 0 aliphatic carbocycles. The van der Waals surface area contributed by atoms with Crippen LogP contribution in [0.25, 0.3) is 0 Å². The molecule has 0 saturated carbocycles. The Kier molecular flexibility index (Phi) is 4.69. The highest BCUT2D eigenvalue weighted by molar-refractivity contribution is 5.32. The van der Waals surface area contributed by atoms with Crippen LogP contribution < -0.4 is 10.1 Å². The van der Waals surface area contributed by atoms with Crippen LogP contribution in [0.5, 0.6) is 5.75 Å². The Balaban J connectivity index is 2.24. The Morgan fingerprint density at radius 2 is 1.85 bits per heavy atom. The molecule has 0 aromatic heterocycles. The van der Waals surface area contributed by atoms with E-state index < -0.39 is 5.82 Å². The fraction of sp³-hybridized carbons (Fsp3) is 0.250. The Morgan fingerprint density at radius 3 is 2.45 bits per heavy atom. The molecule has 0 saturated heterocycles.